The van der Waals surface area contributed by atoms with Crippen molar-refractivity contribution in [3.63, 3.8) is 0 Å². The van der Waals surface area contributed by atoms with Gasteiger partial charge in [0.05, 0.1) is 0 Å². The van der Waals surface area contributed by atoms with E-state index in [0.29, 0.717) is 6.04 Å². The van der Waals surface area contributed by atoms with Gasteiger partial charge in [-0.25, -0.2) is 0 Å². The largest absolute Gasteiger partial charge is 0.313 e. The molecule has 1 aliphatic heterocycles. The van der Waals surface area contributed by atoms with E-state index in [2.05, 4.69) is 55.2 Å². The minimum Gasteiger partial charge on any atom is -0.313 e. The van der Waals surface area contributed by atoms with Crippen molar-refractivity contribution in [1.82, 2.24) is 5.32 Å². The van der Waals surface area contributed by atoms with E-state index in [1.54, 1.807) is 5.56 Å². The van der Waals surface area contributed by atoms with Crippen molar-refractivity contribution in [3.05, 3.63) is 29.8 Å². The molecule has 2 atom stereocenters. The van der Waals surface area contributed by atoms with E-state index < -0.39 is 0 Å². The smallest absolute Gasteiger partial charge is 0.0289 e. The first-order chi connectivity index (χ1) is 8.35. The van der Waals surface area contributed by atoms with E-state index in [4.69, 9.17) is 0 Å². The van der Waals surface area contributed by atoms with Crippen LogP contribution in [-0.2, 0) is 6.42 Å². The highest BCUT2D eigenvalue weighted by Gasteiger charge is 2.28. The maximum Gasteiger partial charge on any atom is 0.0289 e. The summed E-state index contributed by atoms with van der Waals surface area (Å²) in [6.45, 7) is 5.58. The van der Waals surface area contributed by atoms with Crippen molar-refractivity contribution in [2.45, 2.75) is 55.7 Å². The number of hydrogen-bond donors (Lipinski definition) is 1. The van der Waals surface area contributed by atoms with Crippen LogP contribution in [0.15, 0.2) is 29.2 Å². The summed E-state index contributed by atoms with van der Waals surface area (Å²) < 4.78 is 0. The standard InChI is InChI=1S/C15H23NS/c1-3-5-9-13(16-4-2)15-11-12-8-6-7-10-14(12)17-15/h6-8,10,13,15-16H,3-5,9,11H2,1-2H3. The fourth-order valence-corrected chi connectivity index (χ4v) is 3.98. The van der Waals surface area contributed by atoms with Gasteiger partial charge in [-0.3, -0.25) is 0 Å². The lowest BCUT2D eigenvalue weighted by atomic mass is 10.0. The lowest BCUT2D eigenvalue weighted by Crippen LogP contribution is -2.37. The maximum absolute atomic E-state index is 3.67. The van der Waals surface area contributed by atoms with E-state index >= 15 is 0 Å². The topological polar surface area (TPSA) is 12.0 Å². The molecule has 1 N–H and O–H groups in total. The second-order valence-electron chi connectivity index (χ2n) is 4.77. The lowest BCUT2D eigenvalue weighted by Gasteiger charge is -2.23. The summed E-state index contributed by atoms with van der Waals surface area (Å²) in [5.41, 5.74) is 1.54. The molecule has 94 valence electrons. The van der Waals surface area contributed by atoms with E-state index in [0.717, 1.165) is 11.8 Å². The van der Waals surface area contributed by atoms with Crippen LogP contribution in [0, 0.1) is 0 Å². The average molecular weight is 249 g/mol. The van der Waals surface area contributed by atoms with Gasteiger partial charge in [0.25, 0.3) is 0 Å². The maximum atomic E-state index is 3.67. The van der Waals surface area contributed by atoms with Crippen molar-refractivity contribution in [2.75, 3.05) is 6.54 Å². The number of unbranched alkanes of at least 4 members (excludes halogenated alkanes) is 1. The summed E-state index contributed by atoms with van der Waals surface area (Å²) >= 11 is 2.07. The highest BCUT2D eigenvalue weighted by Crippen LogP contribution is 2.39. The Morgan fingerprint density at radius 2 is 2.18 bits per heavy atom. The number of fused-ring (bicyclic) bond motifs is 1. The minimum atomic E-state index is 0.678. The van der Waals surface area contributed by atoms with Gasteiger partial charge >= 0.3 is 0 Å². The summed E-state index contributed by atoms with van der Waals surface area (Å²) in [7, 11) is 0. The van der Waals surface area contributed by atoms with Crippen molar-refractivity contribution >= 4 is 11.8 Å². The van der Waals surface area contributed by atoms with Gasteiger partial charge in [-0.05, 0) is 31.0 Å². The normalized spacial score (nSPS) is 20.2. The Balaban J connectivity index is 1.98. The van der Waals surface area contributed by atoms with E-state index in [9.17, 15) is 0 Å². The van der Waals surface area contributed by atoms with E-state index in [1.807, 2.05) is 0 Å². The highest BCUT2D eigenvalue weighted by atomic mass is 32.2. The Hall–Kier alpha value is -0.470. The Morgan fingerprint density at radius 3 is 2.88 bits per heavy atom. The molecular weight excluding hydrogens is 226 g/mol. The third-order valence-corrected chi connectivity index (χ3v) is 4.91. The number of rotatable bonds is 6. The van der Waals surface area contributed by atoms with Crippen molar-refractivity contribution in [3.8, 4) is 0 Å². The van der Waals surface area contributed by atoms with Crippen molar-refractivity contribution in [1.29, 1.82) is 0 Å². The number of thioether (sulfide) groups is 1. The summed E-state index contributed by atoms with van der Waals surface area (Å²) in [4.78, 5) is 1.50. The van der Waals surface area contributed by atoms with Gasteiger partial charge in [0.15, 0.2) is 0 Å². The van der Waals surface area contributed by atoms with Crippen LogP contribution in [0.4, 0.5) is 0 Å². The molecule has 0 saturated heterocycles. The quantitative estimate of drug-likeness (QED) is 0.821. The Morgan fingerprint density at radius 1 is 1.35 bits per heavy atom. The first-order valence-corrected chi connectivity index (χ1v) is 7.71. The van der Waals surface area contributed by atoms with Gasteiger partial charge in [-0.1, -0.05) is 44.9 Å². The van der Waals surface area contributed by atoms with Crippen molar-refractivity contribution in [2.24, 2.45) is 0 Å². The predicted molar refractivity (Wildman–Crippen MR) is 76.8 cm³/mol. The SMILES string of the molecule is CCCCC(NCC)C1Cc2ccccc2S1. The van der Waals surface area contributed by atoms with E-state index in [-0.39, 0.29) is 0 Å². The molecule has 0 aromatic heterocycles. The molecule has 1 aliphatic rings. The third-order valence-electron chi connectivity index (χ3n) is 3.46. The number of benzene rings is 1. The zero-order chi connectivity index (χ0) is 12.1. The lowest BCUT2D eigenvalue weighted by molar-refractivity contribution is 0.462. The van der Waals surface area contributed by atoms with Crippen LogP contribution in [-0.4, -0.2) is 17.8 Å². The molecule has 0 amide bonds. The van der Waals surface area contributed by atoms with Crippen LogP contribution in [0.5, 0.6) is 0 Å². The van der Waals surface area contributed by atoms with Crippen LogP contribution in [0.2, 0.25) is 0 Å². The van der Waals surface area contributed by atoms with E-state index in [1.165, 1.54) is 30.6 Å². The van der Waals surface area contributed by atoms with Gasteiger partial charge in [0, 0.05) is 16.2 Å². The molecule has 2 unspecified atom stereocenters. The molecule has 1 aromatic carbocycles. The van der Waals surface area contributed by atoms with Gasteiger partial charge in [0.1, 0.15) is 0 Å². The summed E-state index contributed by atoms with van der Waals surface area (Å²) in [6.07, 6.45) is 5.19. The molecule has 0 bridgehead atoms. The Bertz CT molecular complexity index is 326. The average Bonchev–Trinajstić information content (AvgIpc) is 2.78. The van der Waals surface area contributed by atoms with Crippen LogP contribution in [0.3, 0.4) is 0 Å². The Labute approximate surface area is 109 Å². The van der Waals surface area contributed by atoms with Crippen LogP contribution < -0.4 is 5.32 Å². The first kappa shape index (κ1) is 13.0. The monoisotopic (exact) mass is 249 g/mol. The minimum absolute atomic E-state index is 0.678. The molecule has 2 rings (SSSR count). The summed E-state index contributed by atoms with van der Waals surface area (Å²) in [6, 6.07) is 9.55. The second kappa shape index (κ2) is 6.46. The van der Waals surface area contributed by atoms with Gasteiger partial charge in [-0.15, -0.1) is 11.8 Å². The molecule has 0 aliphatic carbocycles. The molecule has 0 fully saturated rings. The number of nitrogens with one attached hydrogen (secondary N) is 1. The highest BCUT2D eigenvalue weighted by molar-refractivity contribution is 8.00. The van der Waals surface area contributed by atoms with Gasteiger partial charge in [-0.2, -0.15) is 0 Å². The summed E-state index contributed by atoms with van der Waals surface area (Å²) in [5.74, 6) is 0. The second-order valence-corrected chi connectivity index (χ2v) is 6.06. The molecule has 0 saturated carbocycles. The third kappa shape index (κ3) is 3.26. The summed E-state index contributed by atoms with van der Waals surface area (Å²) in [5, 5.41) is 4.41. The fourth-order valence-electron chi connectivity index (χ4n) is 2.54. The first-order valence-electron chi connectivity index (χ1n) is 6.83. The Kier molecular flexibility index (Phi) is 4.93. The number of hydrogen-bond acceptors (Lipinski definition) is 2. The van der Waals surface area contributed by atoms with Crippen molar-refractivity contribution < 1.29 is 0 Å². The van der Waals surface area contributed by atoms with Crippen LogP contribution in [0.25, 0.3) is 0 Å². The van der Waals surface area contributed by atoms with Crippen LogP contribution in [0.1, 0.15) is 38.7 Å². The molecule has 17 heavy (non-hydrogen) atoms. The predicted octanol–water partition coefficient (Wildman–Crippen LogP) is 3.87. The zero-order valence-corrected chi connectivity index (χ0v) is 11.7. The molecule has 2 heteroatoms. The molecular formula is C15H23NS. The van der Waals surface area contributed by atoms with Gasteiger partial charge in [0.2, 0.25) is 0 Å². The zero-order valence-electron chi connectivity index (χ0n) is 10.9. The fraction of sp³-hybridized carbons (Fsp3) is 0.600. The molecule has 0 spiro atoms. The molecule has 0 radical (unpaired) electrons. The van der Waals surface area contributed by atoms with Crippen LogP contribution >= 0.6 is 11.8 Å². The molecule has 1 aromatic rings. The molecule has 1 heterocycles. The molecule has 1 nitrogen and oxygen atoms in total. The van der Waals surface area contributed by atoms with Gasteiger partial charge < -0.3 is 5.32 Å².